The average Bonchev–Trinajstić information content (AvgIpc) is 4.43. The van der Waals surface area contributed by atoms with Crippen molar-refractivity contribution in [3.8, 4) is 11.8 Å². The number of imide groups is 1. The molecule has 0 aliphatic carbocycles. The molecule has 9 amide bonds. The second kappa shape index (κ2) is 25.2. The van der Waals surface area contributed by atoms with Crippen LogP contribution in [0.25, 0.3) is 10.9 Å². The van der Waals surface area contributed by atoms with Gasteiger partial charge < -0.3 is 55.9 Å². The lowest BCUT2D eigenvalue weighted by atomic mass is 9.98. The van der Waals surface area contributed by atoms with Gasteiger partial charge in [-0.25, -0.2) is 4.79 Å². The number of primary amides is 1. The van der Waals surface area contributed by atoms with Gasteiger partial charge in [-0.15, -0.1) is 0 Å². The number of nitrogens with zero attached hydrogens (tertiary/aromatic N) is 3. The van der Waals surface area contributed by atoms with Crippen LogP contribution in [-0.4, -0.2) is 133 Å². The summed E-state index contributed by atoms with van der Waals surface area (Å²) in [5.41, 5.74) is 3.03. The van der Waals surface area contributed by atoms with Crippen LogP contribution in [0, 0.1) is 11.8 Å². The summed E-state index contributed by atoms with van der Waals surface area (Å²) in [4.78, 5) is 147. The number of halogens is 2. The summed E-state index contributed by atoms with van der Waals surface area (Å²) in [5.74, 6) is 1.16. The van der Waals surface area contributed by atoms with Crippen LogP contribution in [0.4, 0.5) is 13.6 Å². The van der Waals surface area contributed by atoms with Gasteiger partial charge in [0.25, 0.3) is 11.8 Å². The SMILES string of the molecule is NC(=O)CCC(NC(=O)C1CCC2CCN(C(=O)OCCCCC#Cc3cccc4c3CN(C3CCC(=O)NC3=O)C4=O)CC(NC(=O)c3cc4cc(C(F)(F)P(=O)(O)O)ccc4[nH]3)C(=O)N21)C(=O)NC(c1ccccc1)c1ccccc1. The number of nitrogens with two attached hydrogens (primary N) is 1. The number of fused-ring (bicyclic) bond motifs is 3. The molecule has 3 fully saturated rings. The molecule has 4 aromatic carbocycles. The normalized spacial score (nSPS) is 19.4. The van der Waals surface area contributed by atoms with E-state index in [-0.39, 0.29) is 93.1 Å². The summed E-state index contributed by atoms with van der Waals surface area (Å²) in [6, 6.07) is 21.0. The van der Waals surface area contributed by atoms with E-state index in [1.165, 1.54) is 14.7 Å². The number of H-pyrrole nitrogens is 1. The van der Waals surface area contributed by atoms with Gasteiger partial charge in [0.1, 0.15) is 29.9 Å². The minimum atomic E-state index is -5.95. The molecule has 5 atom stereocenters. The first kappa shape index (κ1) is 58.9. The highest BCUT2D eigenvalue weighted by molar-refractivity contribution is 7.52. The van der Waals surface area contributed by atoms with Crippen molar-refractivity contribution in [3.63, 3.8) is 0 Å². The Morgan fingerprint density at radius 2 is 1.59 bits per heavy atom. The van der Waals surface area contributed by atoms with Crippen LogP contribution < -0.4 is 27.0 Å². The fourth-order valence-corrected chi connectivity index (χ4v) is 11.4. The number of alkyl halides is 2. The van der Waals surface area contributed by atoms with Crippen molar-refractivity contribution >= 4 is 71.8 Å². The van der Waals surface area contributed by atoms with E-state index in [0.29, 0.717) is 36.0 Å². The van der Waals surface area contributed by atoms with E-state index >= 15 is 0 Å². The molecule has 22 nitrogen and oxygen atoms in total. The molecule has 0 bridgehead atoms. The summed E-state index contributed by atoms with van der Waals surface area (Å²) >= 11 is 0. The first-order valence-corrected chi connectivity index (χ1v) is 28.7. The molecule has 9 N–H and O–H groups in total. The van der Waals surface area contributed by atoms with E-state index in [0.717, 1.165) is 35.4 Å². The highest BCUT2D eigenvalue weighted by Gasteiger charge is 2.51. The van der Waals surface area contributed by atoms with Crippen molar-refractivity contribution in [2.45, 2.75) is 113 Å². The predicted molar refractivity (Wildman–Crippen MR) is 293 cm³/mol. The predicted octanol–water partition coefficient (Wildman–Crippen LogP) is 4.33. The maximum absolute atomic E-state index is 15.0. The number of benzene rings is 4. The first-order valence-electron chi connectivity index (χ1n) is 27.0. The largest absolute Gasteiger partial charge is 0.449 e. The number of piperidine rings is 1. The summed E-state index contributed by atoms with van der Waals surface area (Å²) < 4.78 is 46.8. The molecule has 0 saturated carbocycles. The number of carbonyl (C=O) groups is 9. The zero-order valence-corrected chi connectivity index (χ0v) is 45.6. The number of nitrogens with one attached hydrogen (secondary N) is 5. The molecule has 4 aliphatic heterocycles. The highest BCUT2D eigenvalue weighted by atomic mass is 31.2. The zero-order valence-electron chi connectivity index (χ0n) is 44.7. The Labute approximate surface area is 474 Å². The van der Waals surface area contributed by atoms with Gasteiger partial charge in [-0.1, -0.05) is 84.6 Å². The van der Waals surface area contributed by atoms with E-state index in [1.807, 2.05) is 60.7 Å². The third kappa shape index (κ3) is 13.3. The molecule has 1 aromatic heterocycles. The lowest BCUT2D eigenvalue weighted by Gasteiger charge is -2.38. The Kier molecular flexibility index (Phi) is 17.8. The van der Waals surface area contributed by atoms with Crippen LogP contribution in [0.15, 0.2) is 103 Å². The van der Waals surface area contributed by atoms with Crippen molar-refractivity contribution in [2.24, 2.45) is 5.73 Å². The Balaban J connectivity index is 0.888. The molecule has 5 aromatic rings. The Hall–Kier alpha value is -8.78. The molecule has 3 saturated heterocycles. The van der Waals surface area contributed by atoms with Gasteiger partial charge in [-0.05, 0) is 92.0 Å². The topological polar surface area (TPSA) is 320 Å². The number of amides is 9. The van der Waals surface area contributed by atoms with Crippen LogP contribution >= 0.6 is 7.60 Å². The van der Waals surface area contributed by atoms with Crippen LogP contribution in [0.3, 0.4) is 0 Å². The molecule has 83 heavy (non-hydrogen) atoms. The van der Waals surface area contributed by atoms with Gasteiger partial charge in [0.05, 0.1) is 19.2 Å². The van der Waals surface area contributed by atoms with Gasteiger partial charge >= 0.3 is 19.4 Å². The third-order valence-corrected chi connectivity index (χ3v) is 16.2. The molecule has 4 aliphatic rings. The van der Waals surface area contributed by atoms with Gasteiger partial charge in [0.15, 0.2) is 0 Å². The molecule has 0 radical (unpaired) electrons. The fraction of sp³-hybridized carbons (Fsp3) is 0.362. The van der Waals surface area contributed by atoms with E-state index < -0.39 is 103 Å². The second-order valence-corrected chi connectivity index (χ2v) is 22.4. The number of carbonyl (C=O) groups excluding carboxylic acids is 9. The van der Waals surface area contributed by atoms with Gasteiger partial charge in [-0.2, -0.15) is 8.78 Å². The Morgan fingerprint density at radius 3 is 2.28 bits per heavy atom. The summed E-state index contributed by atoms with van der Waals surface area (Å²) in [5, 5.41) is 10.7. The number of aromatic amines is 1. The highest BCUT2D eigenvalue weighted by Crippen LogP contribution is 2.59. The number of hydrogen-bond acceptors (Lipinski definition) is 11. The molecule has 9 rings (SSSR count). The Morgan fingerprint density at radius 1 is 0.867 bits per heavy atom. The smallest absolute Gasteiger partial charge is 0.409 e. The standard InChI is InChI=1S/C58H60F2N9O13P/c59-58(60,83(79,80)81)38-19-21-42-37(30-38)31-44(62-42)52(73)64-45-33-67(57(78)82-29-10-2-1-5-12-34-17-11-18-40-41(34)32-68(55(40)76)46-24-26-49(71)65-53(46)74)28-27-39-20-23-47(69(39)56(45)77)54(75)63-43(22-25-48(61)70)51(72)66-50(35-13-6-3-7-14-35)36-15-8-4-9-16-36/h3-4,6-9,11,13-19,21,30-31,39,43,45-47,50,62H,1-2,10,20,22-29,32-33H2,(H2,61,70)(H,63,75)(H,64,73)(H,66,72)(H,65,71,74)(H2,79,80,81). The van der Waals surface area contributed by atoms with Crippen LogP contribution in [0.1, 0.15) is 119 Å². The number of rotatable bonds is 18. The molecule has 0 spiro atoms. The first-order chi connectivity index (χ1) is 39.7. The molecule has 5 unspecified atom stereocenters. The third-order valence-electron chi connectivity index (χ3n) is 15.2. The number of aromatic nitrogens is 1. The van der Waals surface area contributed by atoms with E-state index in [9.17, 15) is 66.3 Å². The van der Waals surface area contributed by atoms with E-state index in [2.05, 4.69) is 38.1 Å². The maximum Gasteiger partial charge on any atom is 0.409 e. The molecule has 5 heterocycles. The minimum Gasteiger partial charge on any atom is -0.449 e. The molecular weight excluding hydrogens is 1100 g/mol. The van der Waals surface area contributed by atoms with Gasteiger partial charge in [-0.3, -0.25) is 48.2 Å². The van der Waals surface area contributed by atoms with Crippen molar-refractivity contribution < 1.29 is 71.0 Å². The fourth-order valence-electron chi connectivity index (χ4n) is 10.9. The molecular formula is C58H60F2N9O13P. The second-order valence-electron chi connectivity index (χ2n) is 20.8. The Bertz CT molecular complexity index is 3440. The van der Waals surface area contributed by atoms with Crippen LogP contribution in [0.5, 0.6) is 0 Å². The van der Waals surface area contributed by atoms with Crippen LogP contribution in [-0.2, 0) is 50.3 Å². The van der Waals surface area contributed by atoms with Gasteiger partial charge in [0.2, 0.25) is 35.4 Å². The van der Waals surface area contributed by atoms with Gasteiger partial charge in [0, 0.05) is 66.0 Å². The van der Waals surface area contributed by atoms with Crippen molar-refractivity contribution in [2.75, 3.05) is 19.7 Å². The average molecular weight is 1160 g/mol. The molecule has 25 heteroatoms. The summed E-state index contributed by atoms with van der Waals surface area (Å²) in [7, 11) is -5.95. The molecule has 434 valence electrons. The number of hydrogen-bond donors (Lipinski definition) is 8. The quantitative estimate of drug-likeness (QED) is 0.0263. The van der Waals surface area contributed by atoms with E-state index in [4.69, 9.17) is 10.5 Å². The monoisotopic (exact) mass is 1160 g/mol. The van der Waals surface area contributed by atoms with Crippen molar-refractivity contribution in [3.05, 3.63) is 142 Å². The van der Waals surface area contributed by atoms with Crippen molar-refractivity contribution in [1.82, 2.24) is 41.0 Å². The lowest BCUT2D eigenvalue weighted by molar-refractivity contribution is -0.144. The van der Waals surface area contributed by atoms with E-state index in [1.54, 1.807) is 18.2 Å². The minimum absolute atomic E-state index is 0.00269. The summed E-state index contributed by atoms with van der Waals surface area (Å²) in [6.45, 7) is -0.361. The maximum atomic E-state index is 15.0. The summed E-state index contributed by atoms with van der Waals surface area (Å²) in [6.07, 6.45) is 0.843. The number of ether oxygens (including phenoxy) is 1. The van der Waals surface area contributed by atoms with Crippen molar-refractivity contribution in [1.29, 1.82) is 0 Å². The lowest BCUT2D eigenvalue weighted by Crippen LogP contribution is -2.62. The number of unbranched alkanes of at least 4 members (excludes halogenated alkanes) is 2. The zero-order chi connectivity index (χ0) is 59.2. The van der Waals surface area contributed by atoms with Crippen LogP contribution in [0.2, 0.25) is 0 Å².